The van der Waals surface area contributed by atoms with Gasteiger partial charge in [0.05, 0.1) is 5.75 Å². The molecule has 1 rings (SSSR count). The van der Waals surface area contributed by atoms with Crippen molar-refractivity contribution in [2.45, 2.75) is 25.8 Å². The summed E-state index contributed by atoms with van der Waals surface area (Å²) in [5, 5.41) is 11.7. The Labute approximate surface area is 117 Å². The smallest absolute Gasteiger partial charge is 0.330 e. The summed E-state index contributed by atoms with van der Waals surface area (Å²) in [6.07, 6.45) is 2.16. The Bertz CT molecular complexity index is 408. The summed E-state index contributed by atoms with van der Waals surface area (Å²) < 4.78 is 0. The molecule has 1 aromatic rings. The van der Waals surface area contributed by atoms with E-state index in [1.165, 1.54) is 11.8 Å². The van der Waals surface area contributed by atoms with Crippen LogP contribution in [0, 0.1) is 0 Å². The van der Waals surface area contributed by atoms with Gasteiger partial charge in [-0.2, -0.15) is 11.8 Å². The van der Waals surface area contributed by atoms with Crippen molar-refractivity contribution in [3.05, 3.63) is 35.9 Å². The van der Waals surface area contributed by atoms with E-state index in [9.17, 15) is 9.59 Å². The van der Waals surface area contributed by atoms with Gasteiger partial charge in [-0.3, -0.25) is 4.79 Å². The van der Waals surface area contributed by atoms with E-state index in [0.717, 1.165) is 18.6 Å². The molecule has 1 aromatic carbocycles. The minimum absolute atomic E-state index is 0.239. The van der Waals surface area contributed by atoms with Crippen molar-refractivity contribution in [1.82, 2.24) is 5.32 Å². The molecule has 0 aliphatic carbocycles. The van der Waals surface area contributed by atoms with Gasteiger partial charge in [-0.1, -0.05) is 43.7 Å². The average Bonchev–Trinajstić information content (AvgIpc) is 2.41. The molecule has 1 atom stereocenters. The van der Waals surface area contributed by atoms with Crippen LogP contribution >= 0.6 is 11.8 Å². The molecule has 0 spiro atoms. The highest BCUT2D eigenvalue weighted by molar-refractivity contribution is 7.99. The summed E-state index contributed by atoms with van der Waals surface area (Å²) in [5.74, 6) is -0.0562. The molecule has 104 valence electrons. The highest BCUT2D eigenvalue weighted by atomic mass is 32.2. The second-order valence-corrected chi connectivity index (χ2v) is 5.26. The number of hydrogen-bond donors (Lipinski definition) is 2. The Hall–Kier alpha value is -1.49. The number of carbonyl (C=O) groups is 2. The number of carbonyl (C=O) groups excluding carboxylic acids is 1. The SMILES string of the molecule is CCCCSCC(=O)N[C@@H](C(=O)O)c1ccccc1. The topological polar surface area (TPSA) is 66.4 Å². The molecule has 0 fully saturated rings. The number of benzene rings is 1. The average molecular weight is 281 g/mol. The summed E-state index contributed by atoms with van der Waals surface area (Å²) >= 11 is 1.53. The normalized spacial score (nSPS) is 11.8. The van der Waals surface area contributed by atoms with E-state index in [1.807, 2.05) is 6.07 Å². The van der Waals surface area contributed by atoms with Crippen molar-refractivity contribution in [1.29, 1.82) is 0 Å². The van der Waals surface area contributed by atoms with E-state index in [0.29, 0.717) is 11.3 Å². The quantitative estimate of drug-likeness (QED) is 0.718. The molecular weight excluding hydrogens is 262 g/mol. The number of rotatable bonds is 8. The van der Waals surface area contributed by atoms with E-state index in [2.05, 4.69) is 12.2 Å². The fraction of sp³-hybridized carbons (Fsp3) is 0.429. The van der Waals surface area contributed by atoms with Gasteiger partial charge in [0.1, 0.15) is 0 Å². The fourth-order valence-electron chi connectivity index (χ4n) is 1.55. The molecule has 4 nitrogen and oxygen atoms in total. The monoisotopic (exact) mass is 281 g/mol. The molecule has 0 aliphatic heterocycles. The van der Waals surface area contributed by atoms with Crippen LogP contribution in [0.5, 0.6) is 0 Å². The van der Waals surface area contributed by atoms with Crippen molar-refractivity contribution in [3.8, 4) is 0 Å². The van der Waals surface area contributed by atoms with Crippen LogP contribution in [0.4, 0.5) is 0 Å². The summed E-state index contributed by atoms with van der Waals surface area (Å²) in [6, 6.07) is 7.75. The lowest BCUT2D eigenvalue weighted by molar-refractivity contribution is -0.141. The van der Waals surface area contributed by atoms with Gasteiger partial charge < -0.3 is 10.4 Å². The van der Waals surface area contributed by atoms with E-state index < -0.39 is 12.0 Å². The number of aliphatic carboxylic acids is 1. The van der Waals surface area contributed by atoms with Gasteiger partial charge in [0.2, 0.25) is 5.91 Å². The third-order valence-electron chi connectivity index (χ3n) is 2.56. The van der Waals surface area contributed by atoms with E-state index in [-0.39, 0.29) is 5.91 Å². The van der Waals surface area contributed by atoms with Gasteiger partial charge in [0, 0.05) is 0 Å². The van der Waals surface area contributed by atoms with E-state index in [1.54, 1.807) is 24.3 Å². The van der Waals surface area contributed by atoms with Crippen molar-refractivity contribution in [2.75, 3.05) is 11.5 Å². The van der Waals surface area contributed by atoms with Crippen molar-refractivity contribution in [2.24, 2.45) is 0 Å². The summed E-state index contributed by atoms with van der Waals surface area (Å²) in [4.78, 5) is 22.9. The van der Waals surface area contributed by atoms with Gasteiger partial charge in [0.25, 0.3) is 0 Å². The highest BCUT2D eigenvalue weighted by Crippen LogP contribution is 2.13. The van der Waals surface area contributed by atoms with Crippen molar-refractivity contribution >= 4 is 23.6 Å². The zero-order chi connectivity index (χ0) is 14.1. The molecule has 0 aliphatic rings. The number of hydrogen-bond acceptors (Lipinski definition) is 3. The standard InChI is InChI=1S/C14H19NO3S/c1-2-3-9-19-10-12(16)15-13(14(17)18)11-7-5-4-6-8-11/h4-8,13H,2-3,9-10H2,1H3,(H,15,16)(H,17,18)/t13-/m1/s1. The minimum Gasteiger partial charge on any atom is -0.479 e. The lowest BCUT2D eigenvalue weighted by Crippen LogP contribution is -2.34. The first-order valence-corrected chi connectivity index (χ1v) is 7.45. The highest BCUT2D eigenvalue weighted by Gasteiger charge is 2.21. The number of unbranched alkanes of at least 4 members (excludes halogenated alkanes) is 1. The maximum atomic E-state index is 11.7. The molecule has 2 N–H and O–H groups in total. The van der Waals surface area contributed by atoms with Gasteiger partial charge in [0.15, 0.2) is 6.04 Å². The lowest BCUT2D eigenvalue weighted by atomic mass is 10.1. The maximum absolute atomic E-state index is 11.7. The number of thioether (sulfide) groups is 1. The summed E-state index contributed by atoms with van der Waals surface area (Å²) in [6.45, 7) is 2.09. The summed E-state index contributed by atoms with van der Waals surface area (Å²) in [5.41, 5.74) is 0.585. The molecular formula is C14H19NO3S. The van der Waals surface area contributed by atoms with Crippen LogP contribution in [0.15, 0.2) is 30.3 Å². The Balaban J connectivity index is 2.51. The Morgan fingerprint density at radius 2 is 2.00 bits per heavy atom. The summed E-state index contributed by atoms with van der Waals surface area (Å²) in [7, 11) is 0. The fourth-order valence-corrected chi connectivity index (χ4v) is 2.45. The van der Waals surface area contributed by atoms with Crippen molar-refractivity contribution < 1.29 is 14.7 Å². The Morgan fingerprint density at radius 1 is 1.32 bits per heavy atom. The molecule has 0 bridgehead atoms. The third-order valence-corrected chi connectivity index (χ3v) is 3.60. The van der Waals surface area contributed by atoms with Crippen LogP contribution in [0.25, 0.3) is 0 Å². The van der Waals surface area contributed by atoms with E-state index >= 15 is 0 Å². The second kappa shape index (κ2) is 8.58. The van der Waals surface area contributed by atoms with Crippen LogP contribution in [0.3, 0.4) is 0 Å². The minimum atomic E-state index is -1.04. The van der Waals surface area contributed by atoms with Crippen LogP contribution in [-0.2, 0) is 9.59 Å². The first-order valence-electron chi connectivity index (χ1n) is 6.30. The second-order valence-electron chi connectivity index (χ2n) is 4.16. The molecule has 0 unspecified atom stereocenters. The molecule has 0 aromatic heterocycles. The first-order chi connectivity index (χ1) is 9.15. The zero-order valence-corrected chi connectivity index (χ0v) is 11.8. The largest absolute Gasteiger partial charge is 0.479 e. The van der Waals surface area contributed by atoms with Gasteiger partial charge in [-0.15, -0.1) is 0 Å². The predicted octanol–water partition coefficient (Wildman–Crippen LogP) is 2.46. The van der Waals surface area contributed by atoms with Crippen LogP contribution < -0.4 is 5.32 Å². The molecule has 0 heterocycles. The molecule has 5 heteroatoms. The lowest BCUT2D eigenvalue weighted by Gasteiger charge is -2.14. The van der Waals surface area contributed by atoms with Crippen molar-refractivity contribution in [3.63, 3.8) is 0 Å². The van der Waals surface area contributed by atoms with Crippen LogP contribution in [0.2, 0.25) is 0 Å². The van der Waals surface area contributed by atoms with Gasteiger partial charge in [-0.25, -0.2) is 4.79 Å². The predicted molar refractivity (Wildman–Crippen MR) is 77.2 cm³/mol. The third kappa shape index (κ3) is 5.79. The molecule has 19 heavy (non-hydrogen) atoms. The number of nitrogens with one attached hydrogen (secondary N) is 1. The maximum Gasteiger partial charge on any atom is 0.330 e. The zero-order valence-electron chi connectivity index (χ0n) is 11.0. The molecule has 0 radical (unpaired) electrons. The number of amides is 1. The van der Waals surface area contributed by atoms with Gasteiger partial charge >= 0.3 is 5.97 Å². The Kier molecular flexibility index (Phi) is 7.03. The number of carboxylic acid groups (broad SMARTS) is 1. The van der Waals surface area contributed by atoms with Gasteiger partial charge in [-0.05, 0) is 17.7 Å². The molecule has 0 saturated heterocycles. The Morgan fingerprint density at radius 3 is 2.58 bits per heavy atom. The van der Waals surface area contributed by atoms with E-state index in [4.69, 9.17) is 5.11 Å². The molecule has 0 saturated carbocycles. The number of carboxylic acids is 1. The molecule has 1 amide bonds. The van der Waals surface area contributed by atoms with Crippen LogP contribution in [-0.4, -0.2) is 28.5 Å². The first kappa shape index (κ1) is 15.6. The van der Waals surface area contributed by atoms with Crippen LogP contribution in [0.1, 0.15) is 31.4 Å².